The number of nitrogens with zero attached hydrogens (tertiary/aromatic N) is 1. The summed E-state index contributed by atoms with van der Waals surface area (Å²) in [7, 11) is -11.1. The lowest BCUT2D eigenvalue weighted by atomic mass is 10.00. The Morgan fingerprint density at radius 1 is 0.917 bits per heavy atom. The Bertz CT molecular complexity index is 1120. The van der Waals surface area contributed by atoms with Crippen molar-refractivity contribution in [3.63, 3.8) is 0 Å². The van der Waals surface area contributed by atoms with Crippen molar-refractivity contribution in [2.75, 3.05) is 13.2 Å². The number of aromatic amines is 1. The first-order valence-electron chi connectivity index (χ1n) is 9.99. The molecular formula is C15H24N2O17P2. The van der Waals surface area contributed by atoms with Gasteiger partial charge in [0.2, 0.25) is 0 Å². The van der Waals surface area contributed by atoms with Crippen molar-refractivity contribution in [2.24, 2.45) is 0 Å². The summed E-state index contributed by atoms with van der Waals surface area (Å²) in [5.74, 6) is 0. The fourth-order valence-corrected chi connectivity index (χ4v) is 5.51. The molecule has 2 aliphatic heterocycles. The Morgan fingerprint density at radius 2 is 1.56 bits per heavy atom. The summed E-state index contributed by atoms with van der Waals surface area (Å²) in [5.41, 5.74) is -1.75. The summed E-state index contributed by atoms with van der Waals surface area (Å²) in [4.78, 5) is 44.5. The van der Waals surface area contributed by atoms with E-state index in [-0.39, 0.29) is 0 Å². The van der Waals surface area contributed by atoms with Crippen LogP contribution in [-0.4, -0.2) is 112 Å². The summed E-state index contributed by atoms with van der Waals surface area (Å²) < 4.78 is 48.1. The predicted molar refractivity (Wildman–Crippen MR) is 109 cm³/mol. The van der Waals surface area contributed by atoms with Crippen LogP contribution in [0.4, 0.5) is 0 Å². The second-order valence-electron chi connectivity index (χ2n) is 7.68. The highest BCUT2D eigenvalue weighted by atomic mass is 31.3. The Labute approximate surface area is 199 Å². The van der Waals surface area contributed by atoms with Gasteiger partial charge in [-0.2, -0.15) is 4.31 Å². The summed E-state index contributed by atoms with van der Waals surface area (Å²) in [5, 5.41) is 58.6. The smallest absolute Gasteiger partial charge is 0.394 e. The van der Waals surface area contributed by atoms with E-state index in [4.69, 9.17) is 14.6 Å². The quantitative estimate of drug-likeness (QED) is 0.127. The fourth-order valence-electron chi connectivity index (χ4n) is 3.35. The maximum atomic E-state index is 12.2. The molecule has 5 unspecified atom stereocenters. The monoisotopic (exact) mass is 566 g/mol. The lowest BCUT2D eigenvalue weighted by Crippen LogP contribution is -2.58. The zero-order valence-corrected chi connectivity index (χ0v) is 19.6. The summed E-state index contributed by atoms with van der Waals surface area (Å²) in [6.45, 7) is -1.93. The topological polar surface area (TPSA) is 297 Å². The number of hydrogen-bond donors (Lipinski definition) is 9. The van der Waals surface area contributed by atoms with E-state index in [9.17, 15) is 54.0 Å². The van der Waals surface area contributed by atoms with Gasteiger partial charge in [-0.05, 0) is 0 Å². The number of aliphatic hydroxyl groups is 6. The van der Waals surface area contributed by atoms with E-state index in [1.54, 1.807) is 0 Å². The van der Waals surface area contributed by atoms with E-state index < -0.39 is 95.4 Å². The van der Waals surface area contributed by atoms with Crippen LogP contribution < -0.4 is 11.2 Å². The average Bonchev–Trinajstić information content (AvgIpc) is 3.06. The van der Waals surface area contributed by atoms with Crippen LogP contribution in [0.2, 0.25) is 0 Å². The molecule has 2 saturated heterocycles. The Kier molecular flexibility index (Phi) is 9.05. The van der Waals surface area contributed by atoms with E-state index in [0.29, 0.717) is 0 Å². The molecule has 0 radical (unpaired) electrons. The average molecular weight is 566 g/mol. The van der Waals surface area contributed by atoms with E-state index >= 15 is 0 Å². The van der Waals surface area contributed by atoms with Crippen molar-refractivity contribution in [3.8, 4) is 0 Å². The Hall–Kier alpha value is -1.38. The molecule has 0 bridgehead atoms. The molecule has 3 rings (SSSR count). The maximum absolute atomic E-state index is 12.2. The first kappa shape index (κ1) is 29.2. The van der Waals surface area contributed by atoms with Gasteiger partial charge in [0, 0.05) is 12.3 Å². The van der Waals surface area contributed by atoms with Crippen LogP contribution in [0.25, 0.3) is 0 Å². The molecule has 21 heteroatoms. The molecule has 1 aromatic rings. The van der Waals surface area contributed by atoms with Crippen molar-refractivity contribution >= 4 is 15.6 Å². The van der Waals surface area contributed by atoms with Crippen LogP contribution in [-0.2, 0) is 32.0 Å². The highest BCUT2D eigenvalue weighted by Crippen LogP contribution is 2.61. The van der Waals surface area contributed by atoms with E-state index in [2.05, 4.69) is 13.4 Å². The lowest BCUT2D eigenvalue weighted by molar-refractivity contribution is -0.280. The minimum atomic E-state index is -5.59. The minimum absolute atomic E-state index is 0.723. The van der Waals surface area contributed by atoms with Gasteiger partial charge >= 0.3 is 21.3 Å². The maximum Gasteiger partial charge on any atom is 0.483 e. The summed E-state index contributed by atoms with van der Waals surface area (Å²) in [6, 6.07) is 0.928. The molecule has 0 aromatic carbocycles. The van der Waals surface area contributed by atoms with Gasteiger partial charge in [-0.3, -0.25) is 23.4 Å². The van der Waals surface area contributed by atoms with Crippen LogP contribution in [0.5, 0.6) is 0 Å². The van der Waals surface area contributed by atoms with Gasteiger partial charge in [0.25, 0.3) is 5.56 Å². The molecule has 11 atom stereocenters. The molecule has 0 aliphatic carbocycles. The normalized spacial score (nSPS) is 38.4. The third-order valence-corrected chi connectivity index (χ3v) is 7.76. The molecule has 206 valence electrons. The molecule has 2 fully saturated rings. The molecule has 1 aromatic heterocycles. The first-order valence-corrected chi connectivity index (χ1v) is 13.0. The van der Waals surface area contributed by atoms with Crippen LogP contribution in [0.15, 0.2) is 21.9 Å². The molecule has 0 saturated carbocycles. The van der Waals surface area contributed by atoms with Gasteiger partial charge in [-0.15, -0.1) is 0 Å². The number of rotatable bonds is 9. The van der Waals surface area contributed by atoms with Crippen LogP contribution in [0.3, 0.4) is 0 Å². The largest absolute Gasteiger partial charge is 0.483 e. The predicted octanol–water partition coefficient (Wildman–Crippen LogP) is -4.79. The molecular weight excluding hydrogens is 542 g/mol. The van der Waals surface area contributed by atoms with Crippen LogP contribution in [0.1, 0.15) is 6.23 Å². The van der Waals surface area contributed by atoms with Crippen molar-refractivity contribution in [1.82, 2.24) is 9.55 Å². The van der Waals surface area contributed by atoms with Gasteiger partial charge in [0.15, 0.2) is 12.5 Å². The van der Waals surface area contributed by atoms with Gasteiger partial charge in [-0.25, -0.2) is 13.9 Å². The van der Waals surface area contributed by atoms with E-state index in [1.807, 2.05) is 4.98 Å². The van der Waals surface area contributed by atoms with Gasteiger partial charge in [0.1, 0.15) is 42.7 Å². The Balaban J connectivity index is 1.61. The van der Waals surface area contributed by atoms with Crippen LogP contribution in [0, 0.1) is 0 Å². The molecule has 3 heterocycles. The van der Waals surface area contributed by atoms with E-state index in [1.165, 1.54) is 0 Å². The van der Waals surface area contributed by atoms with Gasteiger partial charge in [-0.1, -0.05) is 0 Å². The number of aromatic nitrogens is 2. The van der Waals surface area contributed by atoms with Gasteiger partial charge in [0.05, 0.1) is 13.2 Å². The third-order valence-electron chi connectivity index (χ3n) is 5.16. The molecule has 36 heavy (non-hydrogen) atoms. The number of nitrogens with one attached hydrogen (secondary N) is 1. The van der Waals surface area contributed by atoms with Crippen molar-refractivity contribution < 1.29 is 72.4 Å². The summed E-state index contributed by atoms with van der Waals surface area (Å²) in [6.07, 6.45) is -15.4. The summed E-state index contributed by atoms with van der Waals surface area (Å²) >= 11 is 0. The number of ether oxygens (including phenoxy) is 2. The number of aliphatic hydroxyl groups excluding tert-OH is 6. The van der Waals surface area contributed by atoms with Crippen molar-refractivity contribution in [2.45, 2.75) is 55.2 Å². The Morgan fingerprint density at radius 3 is 2.17 bits per heavy atom. The minimum Gasteiger partial charge on any atom is -0.394 e. The van der Waals surface area contributed by atoms with Crippen LogP contribution >= 0.6 is 15.6 Å². The number of phosphoric acid groups is 2. The molecule has 0 spiro atoms. The van der Waals surface area contributed by atoms with Crippen molar-refractivity contribution in [3.05, 3.63) is 33.1 Å². The zero-order chi connectivity index (χ0) is 27.0. The SMILES string of the molecule is O=c1ccn([C@@H]2O[C@H](COP(=O)(O)OP(=O)(O)O[C@H]3OC(CO)[C@@H](O)[C@H](O)C3O)C(O)[C@@H]2O)c(=O)[nH]1. The highest BCUT2D eigenvalue weighted by molar-refractivity contribution is 7.61. The molecule has 19 nitrogen and oxygen atoms in total. The number of hydrogen-bond acceptors (Lipinski definition) is 15. The third kappa shape index (κ3) is 6.54. The first-order chi connectivity index (χ1) is 16.7. The second-order valence-corrected chi connectivity index (χ2v) is 10.7. The highest BCUT2D eigenvalue weighted by Gasteiger charge is 2.49. The molecule has 2 aliphatic rings. The zero-order valence-electron chi connectivity index (χ0n) is 17.9. The van der Waals surface area contributed by atoms with Gasteiger partial charge < -0.3 is 49.9 Å². The lowest BCUT2D eigenvalue weighted by Gasteiger charge is -2.39. The molecule has 0 amide bonds. The second kappa shape index (κ2) is 11.2. The van der Waals surface area contributed by atoms with Crippen molar-refractivity contribution in [1.29, 1.82) is 0 Å². The standard InChI is InChI=1S/C15H24N2O17P2/c18-3-5-8(20)10(22)12(24)14(32-5)33-36(28,29)34-35(26,27)30-4-6-9(21)11(23)13(31-6)17-2-1-7(19)16-15(17)25/h1-2,5-6,8-14,18,20-24H,3-4H2,(H,26,27)(H,28,29)(H,16,19,25)/t5?,6-,8-,9?,10+,11+,12?,13-,14-/m1/s1. The molecule has 9 N–H and O–H groups in total. The fraction of sp³-hybridized carbons (Fsp3) is 0.733. The number of H-pyrrole nitrogens is 1. The number of phosphoric ester groups is 2. The van der Waals surface area contributed by atoms with E-state index in [0.717, 1.165) is 16.8 Å².